The van der Waals surface area contributed by atoms with Crippen molar-refractivity contribution in [2.75, 3.05) is 6.16 Å². The lowest BCUT2D eigenvalue weighted by Gasteiger charge is -2.26. The lowest BCUT2D eigenvalue weighted by Crippen LogP contribution is -3.00. The highest BCUT2D eigenvalue weighted by Gasteiger charge is 2.43. The zero-order valence-corrected chi connectivity index (χ0v) is 20.9. The zero-order chi connectivity index (χ0) is 15.3. The number of hydrogen-bond acceptors (Lipinski definition) is 0. The monoisotopic (exact) mass is 592 g/mol. The summed E-state index contributed by atoms with van der Waals surface area (Å²) < 4.78 is 0. The number of halogens is 2. The van der Waals surface area contributed by atoms with Crippen LogP contribution >= 0.6 is 41.1 Å². The van der Waals surface area contributed by atoms with E-state index in [1.165, 1.54) is 15.9 Å². The van der Waals surface area contributed by atoms with Crippen molar-refractivity contribution in [2.24, 2.45) is 0 Å². The molecule has 0 aliphatic rings. The molecule has 3 aromatic rings. The molecule has 0 heterocycles. The van der Waals surface area contributed by atoms with E-state index in [0.717, 1.165) is 6.16 Å². The van der Waals surface area contributed by atoms with E-state index in [1.807, 2.05) is 0 Å². The summed E-state index contributed by atoms with van der Waals surface area (Å²) >= 11 is 0. The quantitative estimate of drug-likeness (QED) is 0.241. The summed E-state index contributed by atoms with van der Waals surface area (Å²) in [4.78, 5) is 0. The molecule has 25 heavy (non-hydrogen) atoms. The Hall–Kier alpha value is -0.280. The molecule has 132 valence electrons. The predicted molar refractivity (Wildman–Crippen MR) is 127 cm³/mol. The molecular formula is C21H24I2P2. The molecule has 0 bridgehead atoms. The molecular weight excluding hydrogens is 568 g/mol. The highest BCUT2D eigenvalue weighted by molar-refractivity contribution is 14.0. The van der Waals surface area contributed by atoms with Crippen molar-refractivity contribution in [1.82, 2.24) is 0 Å². The minimum Gasteiger partial charge on any atom is -1.00 e. The lowest BCUT2D eigenvalue weighted by atomic mass is 10.4. The van der Waals surface area contributed by atoms with Crippen molar-refractivity contribution in [2.45, 2.75) is 0 Å². The van der Waals surface area contributed by atoms with E-state index in [1.54, 1.807) is 0 Å². The van der Waals surface area contributed by atoms with Crippen LogP contribution in [0.25, 0.3) is 0 Å². The fourth-order valence-electron chi connectivity index (χ4n) is 3.00. The van der Waals surface area contributed by atoms with Crippen LogP contribution in [0.4, 0.5) is 0 Å². The maximum Gasteiger partial charge on any atom is 0.115 e. The largest absolute Gasteiger partial charge is 1.00 e. The van der Waals surface area contributed by atoms with E-state index in [0.29, 0.717) is 0 Å². The molecule has 0 N–H and O–H groups in total. The second kappa shape index (κ2) is 12.2. The van der Waals surface area contributed by atoms with Crippen molar-refractivity contribution in [3.05, 3.63) is 104 Å². The van der Waals surface area contributed by atoms with Crippen LogP contribution in [0.2, 0.25) is 0 Å². The molecule has 0 aliphatic carbocycles. The molecule has 0 aromatic heterocycles. The van der Waals surface area contributed by atoms with E-state index < -0.39 is 7.26 Å². The van der Waals surface area contributed by atoms with Crippen molar-refractivity contribution >= 4 is 57.1 Å². The minimum atomic E-state index is -1.67. The van der Waals surface area contributed by atoms with Gasteiger partial charge in [0, 0.05) is 0 Å². The first-order valence-corrected chi connectivity index (χ1v) is 9.51. The number of benzene rings is 3. The predicted octanol–water partition coefficient (Wildman–Crippen LogP) is 1.85. The summed E-state index contributed by atoms with van der Waals surface area (Å²) in [6, 6.07) is 32.7. The molecule has 0 nitrogen and oxygen atoms in total. The maximum absolute atomic E-state index is 4.05. The molecule has 0 saturated carbocycles. The zero-order valence-electron chi connectivity index (χ0n) is 14.1. The average Bonchev–Trinajstić information content (AvgIpc) is 2.62. The molecule has 0 spiro atoms. The van der Waals surface area contributed by atoms with Crippen LogP contribution in [0, 0.1) is 0 Å². The van der Waals surface area contributed by atoms with Gasteiger partial charge < -0.3 is 24.0 Å². The number of rotatable bonds is 5. The molecule has 0 fully saturated rings. The summed E-state index contributed by atoms with van der Waals surface area (Å²) in [5, 5.41) is 4.23. The summed E-state index contributed by atoms with van der Waals surface area (Å²) in [7, 11) is -1.67. The first-order chi connectivity index (χ1) is 10.9. The fourth-order valence-corrected chi connectivity index (χ4v) is 6.96. The first-order valence-electron chi connectivity index (χ1n) is 7.54. The third-order valence-corrected chi connectivity index (χ3v) is 8.34. The van der Waals surface area contributed by atoms with Gasteiger partial charge >= 0.3 is 0 Å². The Kier molecular flexibility index (Phi) is 12.0. The number of allylic oxidation sites excluding steroid dienone is 1. The van der Waals surface area contributed by atoms with E-state index in [4.69, 9.17) is 0 Å². The van der Waals surface area contributed by atoms with Crippen molar-refractivity contribution in [1.29, 1.82) is 0 Å². The van der Waals surface area contributed by atoms with Crippen LogP contribution in [0.5, 0.6) is 0 Å². The van der Waals surface area contributed by atoms with Crippen molar-refractivity contribution in [3.63, 3.8) is 0 Å². The normalized spacial score (nSPS) is 9.76. The van der Waals surface area contributed by atoms with Crippen molar-refractivity contribution in [3.8, 4) is 0 Å². The maximum atomic E-state index is 4.05. The molecule has 1 unspecified atom stereocenters. The van der Waals surface area contributed by atoms with Crippen LogP contribution in [-0.4, -0.2) is 6.16 Å². The highest BCUT2D eigenvalue weighted by Crippen LogP contribution is 2.55. The molecule has 0 amide bonds. The molecule has 3 aromatic carbocycles. The van der Waals surface area contributed by atoms with E-state index >= 15 is 0 Å². The van der Waals surface area contributed by atoms with Gasteiger partial charge in [-0.1, -0.05) is 67.3 Å². The summed E-state index contributed by atoms with van der Waals surface area (Å²) in [6.45, 7) is 4.05. The van der Waals surface area contributed by atoms with Gasteiger partial charge in [-0.25, -0.2) is 0 Å². The van der Waals surface area contributed by atoms with Gasteiger partial charge in [0.25, 0.3) is 0 Å². The molecule has 0 saturated heterocycles. The summed E-state index contributed by atoms with van der Waals surface area (Å²) in [5.74, 6) is 0. The Morgan fingerprint density at radius 3 is 1.16 bits per heavy atom. The van der Waals surface area contributed by atoms with Gasteiger partial charge in [-0.05, 0) is 36.4 Å². The molecule has 1 atom stereocenters. The average molecular weight is 592 g/mol. The Labute approximate surface area is 189 Å². The topological polar surface area (TPSA) is 0 Å². The third-order valence-electron chi connectivity index (χ3n) is 3.99. The third kappa shape index (κ3) is 5.35. The minimum absolute atomic E-state index is 0. The van der Waals surface area contributed by atoms with Crippen LogP contribution < -0.4 is 39.9 Å². The van der Waals surface area contributed by atoms with Crippen LogP contribution in [0.1, 0.15) is 0 Å². The van der Waals surface area contributed by atoms with Gasteiger partial charge in [0.15, 0.2) is 0 Å². The molecule has 3 rings (SSSR count). The van der Waals surface area contributed by atoms with Gasteiger partial charge in [-0.15, -0.1) is 24.0 Å². The molecule has 0 aliphatic heterocycles. The summed E-state index contributed by atoms with van der Waals surface area (Å²) in [6.07, 6.45) is 3.05. The SMILES string of the molecule is C=CC[P+](c1ccccc1)(c1ccccc1)c1ccccc1.I.P.[I-]. The van der Waals surface area contributed by atoms with Gasteiger partial charge in [0.1, 0.15) is 23.2 Å². The van der Waals surface area contributed by atoms with Crippen LogP contribution in [-0.2, 0) is 0 Å². The Morgan fingerprint density at radius 2 is 0.920 bits per heavy atom. The Morgan fingerprint density at radius 1 is 0.640 bits per heavy atom. The van der Waals surface area contributed by atoms with Crippen LogP contribution in [0.15, 0.2) is 104 Å². The standard InChI is InChI=1S/C21H20P.2HI.H3P/c1-2-18-22(19-12-6-3-7-13-19,20-14-8-4-9-15-20)21-16-10-5-11-17-21;;;/h2-17H,1,18H2;2*1H;1H3/q+1;;;/p-1. The Bertz CT molecular complexity index is 635. The lowest BCUT2D eigenvalue weighted by molar-refractivity contribution is -0.00000446. The second-order valence-corrected chi connectivity index (χ2v) is 8.82. The van der Waals surface area contributed by atoms with E-state index in [-0.39, 0.29) is 57.9 Å². The van der Waals surface area contributed by atoms with Gasteiger partial charge in [-0.2, -0.15) is 9.90 Å². The van der Waals surface area contributed by atoms with Gasteiger partial charge in [0.05, 0.1) is 6.16 Å². The fraction of sp³-hybridized carbons (Fsp3) is 0.0476. The van der Waals surface area contributed by atoms with E-state index in [2.05, 4.69) is 104 Å². The molecule has 0 radical (unpaired) electrons. The number of hydrogen-bond donors (Lipinski definition) is 0. The second-order valence-electron chi connectivity index (χ2n) is 5.29. The van der Waals surface area contributed by atoms with Gasteiger partial charge in [0.2, 0.25) is 0 Å². The van der Waals surface area contributed by atoms with Crippen molar-refractivity contribution < 1.29 is 24.0 Å². The van der Waals surface area contributed by atoms with E-state index in [9.17, 15) is 0 Å². The van der Waals surface area contributed by atoms with Crippen LogP contribution in [0.3, 0.4) is 0 Å². The van der Waals surface area contributed by atoms with Gasteiger partial charge in [-0.3, -0.25) is 0 Å². The first kappa shape index (κ1) is 24.7. The summed E-state index contributed by atoms with van der Waals surface area (Å²) in [5.41, 5.74) is 0. The highest BCUT2D eigenvalue weighted by atomic mass is 127. The molecule has 4 heteroatoms. The Balaban J connectivity index is 0.00000192. The smallest absolute Gasteiger partial charge is 0.115 e.